The van der Waals surface area contributed by atoms with Crippen molar-refractivity contribution in [2.45, 2.75) is 44.7 Å². The van der Waals surface area contributed by atoms with Crippen LogP contribution in [0.4, 0.5) is 0 Å². The van der Waals surface area contributed by atoms with Crippen molar-refractivity contribution in [2.24, 2.45) is 5.92 Å². The molecule has 19 heavy (non-hydrogen) atoms. The Morgan fingerprint density at radius 3 is 2.58 bits per heavy atom. The summed E-state index contributed by atoms with van der Waals surface area (Å²) in [6.45, 7) is 10.2. The Balaban J connectivity index is 1.95. The third-order valence-electron chi connectivity index (χ3n) is 4.92. The zero-order valence-electron chi connectivity index (χ0n) is 12.9. The highest BCUT2D eigenvalue weighted by atomic mass is 16.3. The standard InChI is InChI=1S/C15H31N3O/c1-4-7-16-15(12-19,14-5-6-14)11-18-9-8-17(3)13(2)10-18/h13-14,16,19H,4-12H2,1-3H3. The number of nitrogens with zero attached hydrogens (tertiary/aromatic N) is 2. The first kappa shape index (κ1) is 15.2. The summed E-state index contributed by atoms with van der Waals surface area (Å²) in [6, 6.07) is 0.621. The molecule has 4 nitrogen and oxygen atoms in total. The van der Waals surface area contributed by atoms with Crippen LogP contribution in [0, 0.1) is 5.92 Å². The van der Waals surface area contributed by atoms with Gasteiger partial charge in [0.25, 0.3) is 0 Å². The SMILES string of the molecule is CCCNC(CO)(CN1CCN(C)C(C)C1)C1CC1. The van der Waals surface area contributed by atoms with Crippen LogP contribution in [0.3, 0.4) is 0 Å². The van der Waals surface area contributed by atoms with E-state index in [9.17, 15) is 5.11 Å². The molecule has 1 saturated heterocycles. The molecule has 0 radical (unpaired) electrons. The van der Waals surface area contributed by atoms with Crippen LogP contribution in [-0.4, -0.2) is 72.9 Å². The molecular formula is C15H31N3O. The second-order valence-electron chi connectivity index (χ2n) is 6.58. The Morgan fingerprint density at radius 1 is 1.32 bits per heavy atom. The normalized spacial score (nSPS) is 29.4. The van der Waals surface area contributed by atoms with Gasteiger partial charge in [0.2, 0.25) is 0 Å². The summed E-state index contributed by atoms with van der Waals surface area (Å²) in [4.78, 5) is 4.97. The first-order chi connectivity index (χ1) is 9.11. The fourth-order valence-electron chi connectivity index (χ4n) is 3.24. The number of aliphatic hydroxyl groups is 1. The Bertz CT molecular complexity index is 283. The highest BCUT2D eigenvalue weighted by Crippen LogP contribution is 2.40. The van der Waals surface area contributed by atoms with E-state index in [2.05, 4.69) is 36.0 Å². The number of piperazine rings is 1. The molecule has 4 heteroatoms. The molecule has 2 rings (SSSR count). The van der Waals surface area contributed by atoms with Gasteiger partial charge < -0.3 is 15.3 Å². The largest absolute Gasteiger partial charge is 0.394 e. The van der Waals surface area contributed by atoms with Gasteiger partial charge in [-0.2, -0.15) is 0 Å². The fourth-order valence-corrected chi connectivity index (χ4v) is 3.24. The van der Waals surface area contributed by atoms with Gasteiger partial charge in [0.1, 0.15) is 0 Å². The highest BCUT2D eigenvalue weighted by molar-refractivity contribution is 5.03. The number of rotatable bonds is 7. The Kier molecular flexibility index (Phi) is 5.23. The maximum absolute atomic E-state index is 9.96. The van der Waals surface area contributed by atoms with E-state index in [1.807, 2.05) is 0 Å². The Hall–Kier alpha value is -0.160. The topological polar surface area (TPSA) is 38.7 Å². The molecule has 1 aliphatic carbocycles. The maximum atomic E-state index is 9.96. The molecule has 0 bridgehead atoms. The number of aliphatic hydroxyl groups excluding tert-OH is 1. The number of nitrogens with one attached hydrogen (secondary N) is 1. The van der Waals surface area contributed by atoms with Gasteiger partial charge in [-0.15, -0.1) is 0 Å². The second kappa shape index (κ2) is 6.53. The molecule has 0 amide bonds. The first-order valence-corrected chi connectivity index (χ1v) is 7.90. The van der Waals surface area contributed by atoms with Crippen molar-refractivity contribution in [3.63, 3.8) is 0 Å². The van der Waals surface area contributed by atoms with Crippen molar-refractivity contribution in [3.8, 4) is 0 Å². The molecule has 0 aromatic carbocycles. The van der Waals surface area contributed by atoms with Gasteiger partial charge in [-0.3, -0.25) is 4.90 Å². The maximum Gasteiger partial charge on any atom is 0.0628 e. The Morgan fingerprint density at radius 2 is 2.05 bits per heavy atom. The molecule has 2 unspecified atom stereocenters. The van der Waals surface area contributed by atoms with Crippen molar-refractivity contribution in [3.05, 3.63) is 0 Å². The van der Waals surface area contributed by atoms with Crippen molar-refractivity contribution in [2.75, 3.05) is 46.4 Å². The van der Waals surface area contributed by atoms with Crippen molar-refractivity contribution >= 4 is 0 Å². The van der Waals surface area contributed by atoms with Gasteiger partial charge in [-0.25, -0.2) is 0 Å². The second-order valence-corrected chi connectivity index (χ2v) is 6.58. The lowest BCUT2D eigenvalue weighted by molar-refractivity contribution is 0.0468. The molecule has 0 spiro atoms. The predicted octanol–water partition coefficient (Wildman–Crippen LogP) is 0.763. The van der Waals surface area contributed by atoms with Crippen LogP contribution in [0.2, 0.25) is 0 Å². The summed E-state index contributed by atoms with van der Waals surface area (Å²) in [5.41, 5.74) is -0.0500. The molecule has 2 aliphatic rings. The van der Waals surface area contributed by atoms with Gasteiger partial charge in [-0.1, -0.05) is 6.92 Å². The summed E-state index contributed by atoms with van der Waals surface area (Å²) >= 11 is 0. The summed E-state index contributed by atoms with van der Waals surface area (Å²) in [5, 5.41) is 13.6. The average molecular weight is 269 g/mol. The highest BCUT2D eigenvalue weighted by Gasteiger charge is 2.45. The number of hydrogen-bond donors (Lipinski definition) is 2. The average Bonchev–Trinajstić information content (AvgIpc) is 3.23. The molecule has 0 aromatic heterocycles. The minimum absolute atomic E-state index is 0.0500. The summed E-state index contributed by atoms with van der Waals surface area (Å²) < 4.78 is 0. The van der Waals surface area contributed by atoms with Gasteiger partial charge in [0, 0.05) is 32.2 Å². The first-order valence-electron chi connectivity index (χ1n) is 7.90. The van der Waals surface area contributed by atoms with Crippen LogP contribution in [0.1, 0.15) is 33.1 Å². The van der Waals surface area contributed by atoms with E-state index < -0.39 is 0 Å². The Labute approximate surface area is 118 Å². The molecule has 2 N–H and O–H groups in total. The zero-order chi connectivity index (χ0) is 13.9. The van der Waals surface area contributed by atoms with E-state index in [4.69, 9.17) is 0 Å². The smallest absolute Gasteiger partial charge is 0.0628 e. The molecule has 2 fully saturated rings. The molecule has 1 heterocycles. The summed E-state index contributed by atoms with van der Waals surface area (Å²) in [7, 11) is 2.21. The van der Waals surface area contributed by atoms with Gasteiger partial charge >= 0.3 is 0 Å². The van der Waals surface area contributed by atoms with Crippen molar-refractivity contribution < 1.29 is 5.11 Å². The zero-order valence-corrected chi connectivity index (χ0v) is 12.9. The van der Waals surface area contributed by atoms with Crippen LogP contribution in [-0.2, 0) is 0 Å². The minimum atomic E-state index is -0.0500. The summed E-state index contributed by atoms with van der Waals surface area (Å²) in [5.74, 6) is 0.680. The third kappa shape index (κ3) is 3.69. The quantitative estimate of drug-likeness (QED) is 0.716. The number of likely N-dealkylation sites (N-methyl/N-ethyl adjacent to an activating group) is 1. The van der Waals surface area contributed by atoms with E-state index in [0.717, 1.165) is 39.1 Å². The van der Waals surface area contributed by atoms with Gasteiger partial charge in [-0.05, 0) is 45.7 Å². The van der Waals surface area contributed by atoms with E-state index in [-0.39, 0.29) is 12.1 Å². The number of hydrogen-bond acceptors (Lipinski definition) is 4. The van der Waals surface area contributed by atoms with Crippen LogP contribution >= 0.6 is 0 Å². The molecule has 2 atom stereocenters. The van der Waals surface area contributed by atoms with Crippen LogP contribution in [0.15, 0.2) is 0 Å². The van der Waals surface area contributed by atoms with E-state index in [1.54, 1.807) is 0 Å². The minimum Gasteiger partial charge on any atom is -0.394 e. The lowest BCUT2D eigenvalue weighted by Crippen LogP contribution is -2.61. The van der Waals surface area contributed by atoms with Crippen molar-refractivity contribution in [1.29, 1.82) is 0 Å². The summed E-state index contributed by atoms with van der Waals surface area (Å²) in [6.07, 6.45) is 3.69. The van der Waals surface area contributed by atoms with E-state index in [1.165, 1.54) is 12.8 Å². The van der Waals surface area contributed by atoms with Crippen LogP contribution in [0.25, 0.3) is 0 Å². The van der Waals surface area contributed by atoms with Gasteiger partial charge in [0.15, 0.2) is 0 Å². The van der Waals surface area contributed by atoms with Crippen LogP contribution < -0.4 is 5.32 Å². The lowest BCUT2D eigenvalue weighted by atomic mass is 9.92. The lowest BCUT2D eigenvalue weighted by Gasteiger charge is -2.43. The van der Waals surface area contributed by atoms with Crippen LogP contribution in [0.5, 0.6) is 0 Å². The molecule has 1 saturated carbocycles. The molecule has 0 aromatic rings. The third-order valence-corrected chi connectivity index (χ3v) is 4.92. The monoisotopic (exact) mass is 269 g/mol. The fraction of sp³-hybridized carbons (Fsp3) is 1.00. The van der Waals surface area contributed by atoms with E-state index >= 15 is 0 Å². The van der Waals surface area contributed by atoms with Crippen molar-refractivity contribution in [1.82, 2.24) is 15.1 Å². The predicted molar refractivity (Wildman–Crippen MR) is 79.4 cm³/mol. The van der Waals surface area contributed by atoms with Gasteiger partial charge in [0.05, 0.1) is 12.1 Å². The molecular weight excluding hydrogens is 238 g/mol. The van der Waals surface area contributed by atoms with E-state index in [0.29, 0.717) is 12.0 Å². The molecule has 1 aliphatic heterocycles. The molecule has 112 valence electrons.